The highest BCUT2D eigenvalue weighted by Gasteiger charge is 2.18. The number of nitrogens with zero attached hydrogens (tertiary/aromatic N) is 2. The first-order chi connectivity index (χ1) is 10.8. The van der Waals surface area contributed by atoms with Gasteiger partial charge in [-0.1, -0.05) is 13.8 Å². The molecule has 0 amide bonds. The monoisotopic (exact) mass is 326 g/mol. The van der Waals surface area contributed by atoms with Crippen LogP contribution in [0.15, 0.2) is 21.8 Å². The molecular formula is C16H30N4OS. The number of likely N-dealkylation sites (N-methyl/N-ethyl adjacent to an activating group) is 1. The maximum Gasteiger partial charge on any atom is 0.191 e. The van der Waals surface area contributed by atoms with Crippen molar-refractivity contribution in [2.45, 2.75) is 26.3 Å². The topological polar surface area (TPSA) is 48.9 Å². The van der Waals surface area contributed by atoms with Crippen molar-refractivity contribution in [2.24, 2.45) is 4.99 Å². The molecule has 0 saturated carbocycles. The van der Waals surface area contributed by atoms with Crippen LogP contribution in [0.2, 0.25) is 0 Å². The summed E-state index contributed by atoms with van der Waals surface area (Å²) in [7, 11) is 3.53. The number of guanidine groups is 1. The molecule has 0 fully saturated rings. The maximum atomic E-state index is 5.06. The minimum atomic E-state index is 0.374. The molecule has 2 N–H and O–H groups in total. The largest absolute Gasteiger partial charge is 0.385 e. The fraction of sp³-hybridized carbons (Fsp3) is 0.688. The van der Waals surface area contributed by atoms with E-state index in [0.29, 0.717) is 6.04 Å². The molecule has 1 atom stereocenters. The van der Waals surface area contributed by atoms with Gasteiger partial charge in [-0.3, -0.25) is 9.89 Å². The van der Waals surface area contributed by atoms with Crippen molar-refractivity contribution < 1.29 is 4.74 Å². The molecule has 0 aliphatic carbocycles. The van der Waals surface area contributed by atoms with Gasteiger partial charge in [0.25, 0.3) is 0 Å². The highest BCUT2D eigenvalue weighted by atomic mass is 32.1. The van der Waals surface area contributed by atoms with Crippen LogP contribution in [0.1, 0.15) is 31.9 Å². The second-order valence-corrected chi connectivity index (χ2v) is 5.80. The Labute approximate surface area is 138 Å². The summed E-state index contributed by atoms with van der Waals surface area (Å²) in [6, 6.07) is 2.59. The number of nitrogens with one attached hydrogen (secondary N) is 2. The summed E-state index contributed by atoms with van der Waals surface area (Å²) >= 11 is 1.75. The number of thiophene rings is 1. The van der Waals surface area contributed by atoms with Gasteiger partial charge in [0.05, 0.1) is 6.04 Å². The summed E-state index contributed by atoms with van der Waals surface area (Å²) in [6.45, 7) is 8.98. The first-order valence-electron chi connectivity index (χ1n) is 7.96. The SMILES string of the molecule is CCN(CC)C(CNC(=NC)NCCCOC)c1ccsc1. The van der Waals surface area contributed by atoms with Crippen LogP contribution < -0.4 is 10.6 Å². The van der Waals surface area contributed by atoms with Crippen LogP contribution in [-0.2, 0) is 4.74 Å². The molecule has 22 heavy (non-hydrogen) atoms. The second kappa shape index (κ2) is 11.5. The van der Waals surface area contributed by atoms with E-state index < -0.39 is 0 Å². The molecule has 5 nitrogen and oxygen atoms in total. The van der Waals surface area contributed by atoms with Gasteiger partial charge >= 0.3 is 0 Å². The molecule has 0 aliphatic rings. The number of methoxy groups -OCH3 is 1. The predicted octanol–water partition coefficient (Wildman–Crippen LogP) is 2.33. The van der Waals surface area contributed by atoms with Gasteiger partial charge in [-0.2, -0.15) is 11.3 Å². The van der Waals surface area contributed by atoms with Gasteiger partial charge in [0.2, 0.25) is 0 Å². The Bertz CT molecular complexity index is 404. The van der Waals surface area contributed by atoms with E-state index in [4.69, 9.17) is 4.74 Å². The van der Waals surface area contributed by atoms with Gasteiger partial charge in [0, 0.05) is 33.9 Å². The normalized spacial score (nSPS) is 13.4. The molecule has 0 bridgehead atoms. The lowest BCUT2D eigenvalue weighted by molar-refractivity contribution is 0.195. The molecule has 0 radical (unpaired) electrons. The third kappa shape index (κ3) is 6.34. The van der Waals surface area contributed by atoms with Gasteiger partial charge in [0.15, 0.2) is 5.96 Å². The Balaban J connectivity index is 2.55. The average Bonchev–Trinajstić information content (AvgIpc) is 3.07. The number of hydrogen-bond acceptors (Lipinski definition) is 4. The quantitative estimate of drug-likeness (QED) is 0.394. The van der Waals surface area contributed by atoms with Crippen molar-refractivity contribution in [3.05, 3.63) is 22.4 Å². The Morgan fingerprint density at radius 1 is 1.36 bits per heavy atom. The Morgan fingerprint density at radius 2 is 2.14 bits per heavy atom. The molecule has 126 valence electrons. The second-order valence-electron chi connectivity index (χ2n) is 5.02. The number of hydrogen-bond donors (Lipinski definition) is 2. The summed E-state index contributed by atoms with van der Waals surface area (Å²) in [4.78, 5) is 6.75. The van der Waals surface area contributed by atoms with Gasteiger partial charge in [0.1, 0.15) is 0 Å². The molecule has 1 heterocycles. The van der Waals surface area contributed by atoms with Crippen LogP contribution in [0.3, 0.4) is 0 Å². The highest BCUT2D eigenvalue weighted by molar-refractivity contribution is 7.07. The van der Waals surface area contributed by atoms with Crippen molar-refractivity contribution in [2.75, 3.05) is 46.9 Å². The summed E-state index contributed by atoms with van der Waals surface area (Å²) in [5.74, 6) is 0.850. The van der Waals surface area contributed by atoms with Crippen LogP contribution in [0.4, 0.5) is 0 Å². The molecule has 1 aromatic heterocycles. The zero-order valence-electron chi connectivity index (χ0n) is 14.3. The van der Waals surface area contributed by atoms with E-state index in [1.54, 1.807) is 18.4 Å². The molecule has 1 aromatic rings. The standard InChI is InChI=1S/C16H30N4OS/c1-5-20(6-2)15(14-8-11-22-13-14)12-19-16(17-3)18-9-7-10-21-4/h8,11,13,15H,5-7,9-10,12H2,1-4H3,(H2,17,18,19). The number of rotatable bonds is 10. The van der Waals surface area contributed by atoms with E-state index in [2.05, 4.69) is 51.2 Å². The zero-order valence-corrected chi connectivity index (χ0v) is 15.1. The predicted molar refractivity (Wildman–Crippen MR) is 95.8 cm³/mol. The fourth-order valence-electron chi connectivity index (χ4n) is 2.42. The van der Waals surface area contributed by atoms with Crippen LogP contribution in [0.5, 0.6) is 0 Å². The van der Waals surface area contributed by atoms with Crippen molar-refractivity contribution >= 4 is 17.3 Å². The molecule has 6 heteroatoms. The maximum absolute atomic E-state index is 5.06. The molecule has 0 aromatic carbocycles. The lowest BCUT2D eigenvalue weighted by atomic mass is 10.1. The van der Waals surface area contributed by atoms with E-state index in [1.807, 2.05) is 7.05 Å². The summed E-state index contributed by atoms with van der Waals surface area (Å²) in [5.41, 5.74) is 1.37. The molecule has 0 saturated heterocycles. The molecule has 0 aliphatic heterocycles. The van der Waals surface area contributed by atoms with Gasteiger partial charge in [-0.25, -0.2) is 0 Å². The summed E-state index contributed by atoms with van der Waals surface area (Å²) in [6.07, 6.45) is 0.973. The highest BCUT2D eigenvalue weighted by Crippen LogP contribution is 2.22. The molecular weight excluding hydrogens is 296 g/mol. The Kier molecular flexibility index (Phi) is 9.86. The molecule has 1 rings (SSSR count). The van der Waals surface area contributed by atoms with E-state index in [-0.39, 0.29) is 0 Å². The Hall–Kier alpha value is -1.11. The lowest BCUT2D eigenvalue weighted by Gasteiger charge is -2.30. The van der Waals surface area contributed by atoms with Crippen molar-refractivity contribution in [1.82, 2.24) is 15.5 Å². The Morgan fingerprint density at radius 3 is 2.68 bits per heavy atom. The lowest BCUT2D eigenvalue weighted by Crippen LogP contribution is -2.43. The van der Waals surface area contributed by atoms with E-state index in [0.717, 1.165) is 45.2 Å². The third-order valence-electron chi connectivity index (χ3n) is 3.69. The van der Waals surface area contributed by atoms with Crippen LogP contribution in [0, 0.1) is 0 Å². The third-order valence-corrected chi connectivity index (χ3v) is 4.39. The zero-order chi connectivity index (χ0) is 16.2. The first-order valence-corrected chi connectivity index (χ1v) is 8.90. The van der Waals surface area contributed by atoms with Crippen molar-refractivity contribution in [3.63, 3.8) is 0 Å². The van der Waals surface area contributed by atoms with Crippen molar-refractivity contribution in [1.29, 1.82) is 0 Å². The molecule has 1 unspecified atom stereocenters. The van der Waals surface area contributed by atoms with Crippen molar-refractivity contribution in [3.8, 4) is 0 Å². The van der Waals surface area contributed by atoms with Crippen LogP contribution in [0.25, 0.3) is 0 Å². The van der Waals surface area contributed by atoms with Gasteiger partial charge < -0.3 is 15.4 Å². The minimum absolute atomic E-state index is 0.374. The van der Waals surface area contributed by atoms with E-state index in [1.165, 1.54) is 5.56 Å². The van der Waals surface area contributed by atoms with Gasteiger partial charge in [-0.15, -0.1) is 0 Å². The number of ether oxygens (including phenoxy) is 1. The van der Waals surface area contributed by atoms with Crippen LogP contribution in [-0.4, -0.2) is 57.8 Å². The average molecular weight is 327 g/mol. The minimum Gasteiger partial charge on any atom is -0.385 e. The van der Waals surface area contributed by atoms with E-state index in [9.17, 15) is 0 Å². The first kappa shape index (κ1) is 18.9. The molecule has 0 spiro atoms. The van der Waals surface area contributed by atoms with E-state index >= 15 is 0 Å². The number of aliphatic imine (C=N–C) groups is 1. The summed E-state index contributed by atoms with van der Waals surface area (Å²) in [5, 5.41) is 11.1. The fourth-order valence-corrected chi connectivity index (χ4v) is 3.13. The smallest absolute Gasteiger partial charge is 0.191 e. The summed E-state index contributed by atoms with van der Waals surface area (Å²) < 4.78 is 5.06. The van der Waals surface area contributed by atoms with Gasteiger partial charge in [-0.05, 0) is 41.9 Å². The van der Waals surface area contributed by atoms with Crippen LogP contribution >= 0.6 is 11.3 Å².